The van der Waals surface area contributed by atoms with Crippen LogP contribution >= 0.6 is 0 Å². The number of aromatic nitrogens is 2. The molecule has 0 aromatic carbocycles. The molecule has 2 aliphatic rings. The van der Waals surface area contributed by atoms with Crippen LogP contribution < -0.4 is 5.32 Å². The van der Waals surface area contributed by atoms with Crippen LogP contribution in [0.4, 0.5) is 0 Å². The molecule has 18 heavy (non-hydrogen) atoms. The second kappa shape index (κ2) is 4.09. The molecule has 2 saturated heterocycles. The lowest BCUT2D eigenvalue weighted by molar-refractivity contribution is 0.0780. The zero-order valence-electron chi connectivity index (χ0n) is 11.2. The van der Waals surface area contributed by atoms with E-state index < -0.39 is 0 Å². The number of carbonyl (C=O) groups is 1. The van der Waals surface area contributed by atoms with E-state index in [2.05, 4.69) is 10.4 Å². The molecule has 5 nitrogen and oxygen atoms in total. The standard InChI is InChI=1S/C13H20N4O/c1-8-12(9(2)16(3)15-8)13(18)17-6-10-4-14-5-11(10)7-17/h10-11,14H,4-7H2,1-3H3/t10-,11+. The van der Waals surface area contributed by atoms with Crippen molar-refractivity contribution in [3.05, 3.63) is 17.0 Å². The van der Waals surface area contributed by atoms with Gasteiger partial charge < -0.3 is 10.2 Å². The number of amides is 1. The van der Waals surface area contributed by atoms with Gasteiger partial charge in [-0.15, -0.1) is 0 Å². The SMILES string of the molecule is Cc1nn(C)c(C)c1C(=O)N1C[C@H]2CNC[C@H]2C1. The predicted octanol–water partition coefficient (Wildman–Crippen LogP) is 0.328. The Bertz CT molecular complexity index is 481. The molecule has 2 fully saturated rings. The highest BCUT2D eigenvalue weighted by molar-refractivity contribution is 5.96. The van der Waals surface area contributed by atoms with Crippen LogP contribution in [0.25, 0.3) is 0 Å². The Morgan fingerprint density at radius 3 is 2.39 bits per heavy atom. The van der Waals surface area contributed by atoms with Crippen molar-refractivity contribution in [1.82, 2.24) is 20.0 Å². The van der Waals surface area contributed by atoms with Crippen molar-refractivity contribution in [2.24, 2.45) is 18.9 Å². The number of hydrogen-bond donors (Lipinski definition) is 1. The van der Waals surface area contributed by atoms with Crippen molar-refractivity contribution < 1.29 is 4.79 Å². The number of nitrogens with one attached hydrogen (secondary N) is 1. The number of aryl methyl sites for hydroxylation is 2. The summed E-state index contributed by atoms with van der Waals surface area (Å²) in [6.45, 7) is 7.78. The van der Waals surface area contributed by atoms with Crippen LogP contribution in [0, 0.1) is 25.7 Å². The lowest BCUT2D eigenvalue weighted by Crippen LogP contribution is -2.32. The van der Waals surface area contributed by atoms with Gasteiger partial charge in [0.05, 0.1) is 11.3 Å². The van der Waals surface area contributed by atoms with Gasteiger partial charge in [-0.2, -0.15) is 5.10 Å². The van der Waals surface area contributed by atoms with E-state index >= 15 is 0 Å². The molecule has 0 bridgehead atoms. The number of fused-ring (bicyclic) bond motifs is 1. The van der Waals surface area contributed by atoms with Gasteiger partial charge in [-0.05, 0) is 25.7 Å². The van der Waals surface area contributed by atoms with Crippen molar-refractivity contribution in [1.29, 1.82) is 0 Å². The van der Waals surface area contributed by atoms with Gasteiger partial charge in [-0.25, -0.2) is 0 Å². The highest BCUT2D eigenvalue weighted by atomic mass is 16.2. The number of hydrogen-bond acceptors (Lipinski definition) is 3. The molecule has 1 aromatic rings. The highest BCUT2D eigenvalue weighted by Crippen LogP contribution is 2.28. The van der Waals surface area contributed by atoms with E-state index in [1.54, 1.807) is 4.68 Å². The van der Waals surface area contributed by atoms with Crippen LogP contribution in [-0.2, 0) is 7.05 Å². The van der Waals surface area contributed by atoms with Gasteiger partial charge >= 0.3 is 0 Å². The lowest BCUT2D eigenvalue weighted by Gasteiger charge is -2.17. The van der Waals surface area contributed by atoms with Crippen molar-refractivity contribution in [2.45, 2.75) is 13.8 Å². The Labute approximate surface area is 107 Å². The van der Waals surface area contributed by atoms with E-state index in [0.29, 0.717) is 11.8 Å². The summed E-state index contributed by atoms with van der Waals surface area (Å²) in [5.74, 6) is 1.45. The zero-order valence-corrected chi connectivity index (χ0v) is 11.2. The molecule has 98 valence electrons. The van der Waals surface area contributed by atoms with Crippen molar-refractivity contribution in [3.8, 4) is 0 Å². The summed E-state index contributed by atoms with van der Waals surface area (Å²) in [5, 5.41) is 7.73. The zero-order chi connectivity index (χ0) is 12.9. The molecule has 5 heteroatoms. The van der Waals surface area contributed by atoms with Gasteiger partial charge in [0.25, 0.3) is 5.91 Å². The van der Waals surface area contributed by atoms with Gasteiger partial charge in [0, 0.05) is 38.9 Å². The first-order valence-electron chi connectivity index (χ1n) is 6.58. The van der Waals surface area contributed by atoms with Crippen LogP contribution in [0.3, 0.4) is 0 Å². The fraction of sp³-hybridized carbons (Fsp3) is 0.692. The smallest absolute Gasteiger partial charge is 0.257 e. The molecule has 0 aliphatic carbocycles. The average molecular weight is 248 g/mol. The molecule has 2 aliphatic heterocycles. The van der Waals surface area contributed by atoms with E-state index in [4.69, 9.17) is 0 Å². The number of rotatable bonds is 1. The van der Waals surface area contributed by atoms with E-state index in [-0.39, 0.29) is 5.91 Å². The third-order valence-corrected chi connectivity index (χ3v) is 4.40. The third-order valence-electron chi connectivity index (χ3n) is 4.40. The molecular weight excluding hydrogens is 228 g/mol. The summed E-state index contributed by atoms with van der Waals surface area (Å²) in [4.78, 5) is 14.6. The maximum Gasteiger partial charge on any atom is 0.257 e. The second-order valence-corrected chi connectivity index (χ2v) is 5.56. The summed E-state index contributed by atoms with van der Waals surface area (Å²) in [5.41, 5.74) is 2.60. The van der Waals surface area contributed by atoms with Gasteiger partial charge in [-0.3, -0.25) is 9.48 Å². The molecule has 2 atom stereocenters. The first-order chi connectivity index (χ1) is 8.58. The molecule has 1 aromatic heterocycles. The predicted molar refractivity (Wildman–Crippen MR) is 68.4 cm³/mol. The maximum absolute atomic E-state index is 12.6. The molecule has 0 radical (unpaired) electrons. The Balaban J connectivity index is 1.83. The van der Waals surface area contributed by atoms with Crippen molar-refractivity contribution >= 4 is 5.91 Å². The monoisotopic (exact) mass is 248 g/mol. The Morgan fingerprint density at radius 1 is 1.28 bits per heavy atom. The van der Waals surface area contributed by atoms with Crippen LogP contribution in [0.15, 0.2) is 0 Å². The fourth-order valence-electron chi connectivity index (χ4n) is 3.26. The summed E-state index contributed by atoms with van der Waals surface area (Å²) >= 11 is 0. The number of nitrogens with zero attached hydrogens (tertiary/aromatic N) is 3. The molecule has 0 spiro atoms. The van der Waals surface area contributed by atoms with Gasteiger partial charge in [-0.1, -0.05) is 0 Å². The van der Waals surface area contributed by atoms with Gasteiger partial charge in [0.1, 0.15) is 0 Å². The van der Waals surface area contributed by atoms with Gasteiger partial charge in [0.15, 0.2) is 0 Å². The van der Waals surface area contributed by atoms with E-state index in [9.17, 15) is 4.79 Å². The minimum Gasteiger partial charge on any atom is -0.338 e. The minimum absolute atomic E-state index is 0.160. The first-order valence-corrected chi connectivity index (χ1v) is 6.58. The molecular formula is C13H20N4O. The fourth-order valence-corrected chi connectivity index (χ4v) is 3.26. The Morgan fingerprint density at radius 2 is 1.89 bits per heavy atom. The number of carbonyl (C=O) groups excluding carboxylic acids is 1. The number of likely N-dealkylation sites (tertiary alicyclic amines) is 1. The Kier molecular flexibility index (Phi) is 2.66. The topological polar surface area (TPSA) is 50.2 Å². The summed E-state index contributed by atoms with van der Waals surface area (Å²) in [6.07, 6.45) is 0. The molecule has 3 rings (SSSR count). The molecule has 0 unspecified atom stereocenters. The van der Waals surface area contributed by atoms with Gasteiger partial charge in [0.2, 0.25) is 0 Å². The van der Waals surface area contributed by atoms with Crippen LogP contribution in [0.5, 0.6) is 0 Å². The quantitative estimate of drug-likeness (QED) is 0.779. The summed E-state index contributed by atoms with van der Waals surface area (Å²) in [6, 6.07) is 0. The maximum atomic E-state index is 12.6. The minimum atomic E-state index is 0.160. The van der Waals surface area contributed by atoms with E-state index in [0.717, 1.165) is 43.1 Å². The summed E-state index contributed by atoms with van der Waals surface area (Å²) < 4.78 is 1.79. The largest absolute Gasteiger partial charge is 0.338 e. The Hall–Kier alpha value is -1.36. The molecule has 0 saturated carbocycles. The van der Waals surface area contributed by atoms with Crippen LogP contribution in [0.1, 0.15) is 21.7 Å². The second-order valence-electron chi connectivity index (χ2n) is 5.56. The molecule has 1 amide bonds. The van der Waals surface area contributed by atoms with Crippen molar-refractivity contribution in [2.75, 3.05) is 26.2 Å². The first kappa shape index (κ1) is 11.7. The normalized spacial score (nSPS) is 26.7. The average Bonchev–Trinajstić information content (AvgIpc) is 2.93. The highest BCUT2D eigenvalue weighted by Gasteiger charge is 2.39. The van der Waals surface area contributed by atoms with Crippen LogP contribution in [-0.4, -0.2) is 46.8 Å². The van der Waals surface area contributed by atoms with Crippen molar-refractivity contribution in [3.63, 3.8) is 0 Å². The third kappa shape index (κ3) is 1.65. The molecule has 3 heterocycles. The molecule has 1 N–H and O–H groups in total. The van der Waals surface area contributed by atoms with E-state index in [1.807, 2.05) is 25.8 Å². The lowest BCUT2D eigenvalue weighted by atomic mass is 10.0. The summed E-state index contributed by atoms with van der Waals surface area (Å²) in [7, 11) is 1.89. The van der Waals surface area contributed by atoms with Crippen LogP contribution in [0.2, 0.25) is 0 Å². The van der Waals surface area contributed by atoms with E-state index in [1.165, 1.54) is 0 Å².